The predicted molar refractivity (Wildman–Crippen MR) is 115 cm³/mol. The molecule has 1 aliphatic heterocycles. The van der Waals surface area contributed by atoms with Gasteiger partial charge in [-0.1, -0.05) is 13.0 Å². The lowest BCUT2D eigenvalue weighted by atomic mass is 10.1. The number of anilines is 2. The molecular weight excluding hydrogens is 370 g/mol. The van der Waals surface area contributed by atoms with E-state index in [9.17, 15) is 0 Å². The molecule has 1 unspecified atom stereocenters. The van der Waals surface area contributed by atoms with Gasteiger partial charge >= 0.3 is 0 Å². The van der Waals surface area contributed by atoms with Crippen molar-refractivity contribution < 1.29 is 4.42 Å². The third-order valence-electron chi connectivity index (χ3n) is 5.31. The van der Waals surface area contributed by atoms with Crippen molar-refractivity contribution in [1.82, 2.24) is 15.1 Å². The van der Waals surface area contributed by atoms with Crippen LogP contribution in [0.4, 0.5) is 11.4 Å². The topological polar surface area (TPSA) is 57.4 Å². The lowest BCUT2D eigenvalue weighted by Gasteiger charge is -2.35. The fraction of sp³-hybridized carbons (Fsp3) is 0.429. The van der Waals surface area contributed by atoms with E-state index in [2.05, 4.69) is 57.4 Å². The van der Waals surface area contributed by atoms with Crippen molar-refractivity contribution in [2.75, 3.05) is 42.9 Å². The molecule has 0 bridgehead atoms. The molecule has 0 radical (unpaired) electrons. The van der Waals surface area contributed by atoms with Gasteiger partial charge in [-0.15, -0.1) is 21.5 Å². The first-order chi connectivity index (χ1) is 13.6. The zero-order chi connectivity index (χ0) is 19.5. The van der Waals surface area contributed by atoms with Gasteiger partial charge in [0.25, 0.3) is 5.89 Å². The van der Waals surface area contributed by atoms with Crippen LogP contribution < -0.4 is 10.2 Å². The van der Waals surface area contributed by atoms with Crippen molar-refractivity contribution in [3.05, 3.63) is 47.2 Å². The van der Waals surface area contributed by atoms with Crippen molar-refractivity contribution in [2.24, 2.45) is 0 Å². The predicted octanol–water partition coefficient (Wildman–Crippen LogP) is 4.42. The minimum Gasteiger partial charge on any atom is -0.418 e. The molecule has 28 heavy (non-hydrogen) atoms. The normalized spacial score (nSPS) is 16.3. The van der Waals surface area contributed by atoms with Crippen LogP contribution in [0.15, 0.2) is 40.1 Å². The van der Waals surface area contributed by atoms with Crippen LogP contribution in [0.25, 0.3) is 10.8 Å². The Bertz CT molecular complexity index is 899. The lowest BCUT2D eigenvalue weighted by molar-refractivity contribution is 0.271. The fourth-order valence-corrected chi connectivity index (χ4v) is 4.18. The maximum absolute atomic E-state index is 5.85. The Labute approximate surface area is 170 Å². The molecule has 3 heterocycles. The molecule has 1 aromatic carbocycles. The van der Waals surface area contributed by atoms with Gasteiger partial charge in [-0.05, 0) is 55.6 Å². The first kappa shape index (κ1) is 19.0. The molecule has 0 saturated carbocycles. The Morgan fingerprint density at radius 3 is 2.68 bits per heavy atom. The SMILES string of the molecule is CCN1CCN(c2ccc(NC(C)c3nnc(-c4cccs4)o3)c(C)c2)CC1. The van der Waals surface area contributed by atoms with E-state index in [1.165, 1.54) is 11.3 Å². The van der Waals surface area contributed by atoms with Crippen LogP contribution in [0.3, 0.4) is 0 Å². The highest BCUT2D eigenvalue weighted by atomic mass is 32.1. The van der Waals surface area contributed by atoms with Crippen LogP contribution in [0.2, 0.25) is 0 Å². The van der Waals surface area contributed by atoms with Gasteiger partial charge in [0.05, 0.1) is 4.88 Å². The average molecular weight is 398 g/mol. The number of hydrogen-bond acceptors (Lipinski definition) is 7. The number of thiophene rings is 1. The number of aromatic nitrogens is 2. The summed E-state index contributed by atoms with van der Waals surface area (Å²) in [6.07, 6.45) is 0. The Morgan fingerprint density at radius 2 is 2.00 bits per heavy atom. The van der Waals surface area contributed by atoms with Crippen LogP contribution in [0.1, 0.15) is 31.3 Å². The van der Waals surface area contributed by atoms with E-state index in [4.69, 9.17) is 4.42 Å². The van der Waals surface area contributed by atoms with Gasteiger partial charge in [0, 0.05) is 37.6 Å². The second-order valence-corrected chi connectivity index (χ2v) is 8.16. The van der Waals surface area contributed by atoms with E-state index in [1.54, 1.807) is 11.3 Å². The van der Waals surface area contributed by atoms with Crippen LogP contribution in [0.5, 0.6) is 0 Å². The number of hydrogen-bond donors (Lipinski definition) is 1. The maximum atomic E-state index is 5.85. The molecule has 0 amide bonds. The maximum Gasteiger partial charge on any atom is 0.257 e. The molecule has 148 valence electrons. The van der Waals surface area contributed by atoms with Gasteiger partial charge in [-0.3, -0.25) is 0 Å². The summed E-state index contributed by atoms with van der Waals surface area (Å²) >= 11 is 1.60. The van der Waals surface area contributed by atoms with E-state index in [0.29, 0.717) is 11.8 Å². The highest BCUT2D eigenvalue weighted by molar-refractivity contribution is 7.13. The molecule has 0 aliphatic carbocycles. The minimum absolute atomic E-state index is 0.0566. The third kappa shape index (κ3) is 4.05. The van der Waals surface area contributed by atoms with E-state index in [0.717, 1.165) is 43.3 Å². The lowest BCUT2D eigenvalue weighted by Crippen LogP contribution is -2.46. The van der Waals surface area contributed by atoms with Crippen molar-refractivity contribution in [2.45, 2.75) is 26.8 Å². The standard InChI is InChI=1S/C21H27N5OS/c1-4-25-9-11-26(12-10-25)17-7-8-18(15(2)14-17)22-16(3)20-23-24-21(27-20)19-6-5-13-28-19/h5-8,13-14,16,22H,4,9-12H2,1-3H3. The molecule has 0 spiro atoms. The Balaban J connectivity index is 1.42. The van der Waals surface area contributed by atoms with Crippen LogP contribution in [-0.2, 0) is 0 Å². The van der Waals surface area contributed by atoms with Gasteiger partial charge in [0.15, 0.2) is 0 Å². The third-order valence-corrected chi connectivity index (χ3v) is 6.17. The molecule has 1 saturated heterocycles. The summed E-state index contributed by atoms with van der Waals surface area (Å²) in [5.74, 6) is 1.18. The second-order valence-electron chi connectivity index (χ2n) is 7.21. The first-order valence-corrected chi connectivity index (χ1v) is 10.7. The van der Waals surface area contributed by atoms with E-state index in [1.807, 2.05) is 24.4 Å². The van der Waals surface area contributed by atoms with Crippen molar-refractivity contribution in [3.8, 4) is 10.8 Å². The van der Waals surface area contributed by atoms with Gasteiger partial charge in [0.2, 0.25) is 5.89 Å². The molecule has 6 nitrogen and oxygen atoms in total. The van der Waals surface area contributed by atoms with Crippen molar-refractivity contribution >= 4 is 22.7 Å². The van der Waals surface area contributed by atoms with Gasteiger partial charge in [-0.25, -0.2) is 0 Å². The van der Waals surface area contributed by atoms with Crippen LogP contribution in [0, 0.1) is 6.92 Å². The van der Waals surface area contributed by atoms with Crippen LogP contribution in [-0.4, -0.2) is 47.8 Å². The molecule has 4 rings (SSSR count). The number of nitrogens with one attached hydrogen (secondary N) is 1. The molecule has 1 fully saturated rings. The largest absolute Gasteiger partial charge is 0.418 e. The summed E-state index contributed by atoms with van der Waals surface area (Å²) in [6, 6.07) is 10.5. The quantitative estimate of drug-likeness (QED) is 0.664. The summed E-state index contributed by atoms with van der Waals surface area (Å²) in [5, 5.41) is 13.9. The summed E-state index contributed by atoms with van der Waals surface area (Å²) in [7, 11) is 0. The first-order valence-electron chi connectivity index (χ1n) is 9.86. The van der Waals surface area contributed by atoms with Crippen molar-refractivity contribution in [3.63, 3.8) is 0 Å². The zero-order valence-electron chi connectivity index (χ0n) is 16.7. The Kier molecular flexibility index (Phi) is 5.64. The molecule has 7 heteroatoms. The number of benzene rings is 1. The molecule has 1 atom stereocenters. The Morgan fingerprint density at radius 1 is 1.18 bits per heavy atom. The minimum atomic E-state index is -0.0566. The van der Waals surface area contributed by atoms with E-state index >= 15 is 0 Å². The van der Waals surface area contributed by atoms with Crippen molar-refractivity contribution in [1.29, 1.82) is 0 Å². The fourth-order valence-electron chi connectivity index (χ4n) is 3.53. The van der Waals surface area contributed by atoms with Gasteiger partial charge < -0.3 is 19.5 Å². The van der Waals surface area contributed by atoms with E-state index in [-0.39, 0.29) is 6.04 Å². The van der Waals surface area contributed by atoms with E-state index < -0.39 is 0 Å². The van der Waals surface area contributed by atoms with Crippen LogP contribution >= 0.6 is 11.3 Å². The number of nitrogens with zero attached hydrogens (tertiary/aromatic N) is 4. The highest BCUT2D eigenvalue weighted by Gasteiger charge is 2.18. The smallest absolute Gasteiger partial charge is 0.257 e. The number of likely N-dealkylation sites (N-methyl/N-ethyl adjacent to an activating group) is 1. The number of piperazine rings is 1. The Hall–Kier alpha value is -2.38. The molecule has 2 aromatic heterocycles. The summed E-state index contributed by atoms with van der Waals surface area (Å²) < 4.78 is 5.85. The molecule has 1 N–H and O–H groups in total. The summed E-state index contributed by atoms with van der Waals surface area (Å²) in [6.45, 7) is 12.0. The van der Waals surface area contributed by atoms with Gasteiger partial charge in [0.1, 0.15) is 6.04 Å². The molecular formula is C21H27N5OS. The number of aryl methyl sites for hydroxylation is 1. The average Bonchev–Trinajstić information content (AvgIpc) is 3.41. The second kappa shape index (κ2) is 8.32. The monoisotopic (exact) mass is 397 g/mol. The highest BCUT2D eigenvalue weighted by Crippen LogP contribution is 2.29. The summed E-state index contributed by atoms with van der Waals surface area (Å²) in [5.41, 5.74) is 3.61. The summed E-state index contributed by atoms with van der Waals surface area (Å²) in [4.78, 5) is 5.96. The zero-order valence-corrected chi connectivity index (χ0v) is 17.5. The van der Waals surface area contributed by atoms with Gasteiger partial charge in [-0.2, -0.15) is 0 Å². The molecule has 3 aromatic rings. The molecule has 1 aliphatic rings. The number of rotatable bonds is 6.